The Labute approximate surface area is 65.9 Å². The Morgan fingerprint density at radius 1 is 1.20 bits per heavy atom. The second kappa shape index (κ2) is 23.7. The predicted octanol–water partition coefficient (Wildman–Crippen LogP) is 3.66. The average molecular weight is 143 g/mol. The molecule has 62 valence electrons. The van der Waals surface area contributed by atoms with Gasteiger partial charge < -0.3 is 0 Å². The Bertz CT molecular complexity index is 72.8. The van der Waals surface area contributed by atoms with Crippen LogP contribution in [0.3, 0.4) is 0 Å². The van der Waals surface area contributed by atoms with Crippen molar-refractivity contribution in [1.82, 2.24) is 0 Å². The van der Waals surface area contributed by atoms with Crippen molar-refractivity contribution < 1.29 is 0 Å². The monoisotopic (exact) mass is 143 g/mol. The fraction of sp³-hybridized carbons (Fsp3) is 0.667. The molecule has 0 aromatic heterocycles. The summed E-state index contributed by atoms with van der Waals surface area (Å²) in [4.78, 5) is 3.62. The highest BCUT2D eigenvalue weighted by Crippen LogP contribution is 1.87. The van der Waals surface area contributed by atoms with Crippen LogP contribution in [0.1, 0.15) is 41.5 Å². The second-order valence-corrected chi connectivity index (χ2v) is 1.09. The SMILES string of the molecule is C=N/C(C)=C\C.CC.CC. The maximum atomic E-state index is 3.62. The summed E-state index contributed by atoms with van der Waals surface area (Å²) in [5.41, 5.74) is 0.981. The number of hydrogen-bond donors (Lipinski definition) is 0. The summed E-state index contributed by atoms with van der Waals surface area (Å²) >= 11 is 0. The van der Waals surface area contributed by atoms with Crippen LogP contribution in [0, 0.1) is 0 Å². The topological polar surface area (TPSA) is 12.4 Å². The number of hydrogen-bond acceptors (Lipinski definition) is 1. The normalized spacial score (nSPS) is 8.00. The van der Waals surface area contributed by atoms with Gasteiger partial charge in [0.25, 0.3) is 0 Å². The van der Waals surface area contributed by atoms with Crippen LogP contribution in [-0.2, 0) is 0 Å². The van der Waals surface area contributed by atoms with Crippen molar-refractivity contribution in [3.63, 3.8) is 0 Å². The Morgan fingerprint density at radius 3 is 1.50 bits per heavy atom. The van der Waals surface area contributed by atoms with Crippen LogP contribution >= 0.6 is 0 Å². The van der Waals surface area contributed by atoms with Gasteiger partial charge in [-0.3, -0.25) is 4.99 Å². The maximum Gasteiger partial charge on any atom is 0.0322 e. The molecule has 0 bridgehead atoms. The minimum absolute atomic E-state index is 0.981. The molecule has 0 fully saturated rings. The van der Waals surface area contributed by atoms with Gasteiger partial charge in [0.1, 0.15) is 0 Å². The first-order chi connectivity index (χ1) is 4.81. The third-order valence-electron chi connectivity index (χ3n) is 0.667. The second-order valence-electron chi connectivity index (χ2n) is 1.09. The highest BCUT2D eigenvalue weighted by Gasteiger charge is 1.67. The van der Waals surface area contributed by atoms with Crippen molar-refractivity contribution in [1.29, 1.82) is 0 Å². The van der Waals surface area contributed by atoms with Crippen LogP contribution in [-0.4, -0.2) is 6.72 Å². The highest BCUT2D eigenvalue weighted by molar-refractivity contribution is 5.27. The zero-order valence-corrected chi connectivity index (χ0v) is 8.23. The molecule has 0 N–H and O–H groups in total. The number of aliphatic imine (C=N–C) groups is 1. The van der Waals surface area contributed by atoms with Crippen LogP contribution in [0.25, 0.3) is 0 Å². The molecular formula is C9H21N. The molecule has 0 saturated carbocycles. The van der Waals surface area contributed by atoms with Crippen molar-refractivity contribution in [3.05, 3.63) is 11.8 Å². The largest absolute Gasteiger partial charge is 0.270 e. The van der Waals surface area contributed by atoms with E-state index in [2.05, 4.69) is 11.7 Å². The van der Waals surface area contributed by atoms with Gasteiger partial charge in [-0.25, -0.2) is 0 Å². The van der Waals surface area contributed by atoms with E-state index in [9.17, 15) is 0 Å². The molecule has 10 heavy (non-hydrogen) atoms. The van der Waals surface area contributed by atoms with Gasteiger partial charge in [0, 0.05) is 5.70 Å². The summed E-state index contributed by atoms with van der Waals surface area (Å²) in [5.74, 6) is 0. The molecule has 1 heteroatoms. The summed E-state index contributed by atoms with van der Waals surface area (Å²) in [6.07, 6.45) is 1.91. The Balaban J connectivity index is -0.000000105. The van der Waals surface area contributed by atoms with Gasteiger partial charge in [0.15, 0.2) is 0 Å². The van der Waals surface area contributed by atoms with Gasteiger partial charge >= 0.3 is 0 Å². The van der Waals surface area contributed by atoms with Gasteiger partial charge in [0.05, 0.1) is 0 Å². The van der Waals surface area contributed by atoms with Crippen LogP contribution in [0.4, 0.5) is 0 Å². The first-order valence-electron chi connectivity index (χ1n) is 3.91. The van der Waals surface area contributed by atoms with E-state index in [-0.39, 0.29) is 0 Å². The molecule has 0 unspecified atom stereocenters. The predicted molar refractivity (Wildman–Crippen MR) is 51.7 cm³/mol. The molecule has 0 rings (SSSR count). The molecule has 1 nitrogen and oxygen atoms in total. The standard InChI is InChI=1S/C5H9N.2C2H6/c1-4-5(2)6-3;2*1-2/h4H,3H2,1-2H3;2*1-2H3/b5-4-;;. The molecule has 0 aromatic rings. The lowest BCUT2D eigenvalue weighted by atomic mass is 10.5. The van der Waals surface area contributed by atoms with Crippen molar-refractivity contribution in [2.24, 2.45) is 4.99 Å². The molecule has 0 aliphatic heterocycles. The highest BCUT2D eigenvalue weighted by atomic mass is 14.7. The van der Waals surface area contributed by atoms with Crippen molar-refractivity contribution in [2.45, 2.75) is 41.5 Å². The van der Waals surface area contributed by atoms with Crippen molar-refractivity contribution in [2.75, 3.05) is 0 Å². The zero-order chi connectivity index (χ0) is 8.99. The molecule has 0 aliphatic rings. The molecule has 0 spiro atoms. The van der Waals surface area contributed by atoms with Crippen LogP contribution in [0.15, 0.2) is 16.8 Å². The Hall–Kier alpha value is -0.590. The quantitative estimate of drug-likeness (QED) is 0.497. The minimum Gasteiger partial charge on any atom is -0.270 e. The Morgan fingerprint density at radius 2 is 1.50 bits per heavy atom. The molecule has 0 aliphatic carbocycles. The van der Waals surface area contributed by atoms with Gasteiger partial charge in [0.2, 0.25) is 0 Å². The van der Waals surface area contributed by atoms with Crippen LogP contribution in [0.2, 0.25) is 0 Å². The molecule has 0 amide bonds. The maximum absolute atomic E-state index is 3.62. The molecule has 0 radical (unpaired) electrons. The summed E-state index contributed by atoms with van der Waals surface area (Å²) in [5, 5.41) is 0. The average Bonchev–Trinajstić information content (AvgIpc) is 2.10. The molecular weight excluding hydrogens is 122 g/mol. The first-order valence-corrected chi connectivity index (χ1v) is 3.91. The first kappa shape index (κ1) is 16.2. The van der Waals surface area contributed by atoms with Gasteiger partial charge in [-0.1, -0.05) is 33.8 Å². The third-order valence-corrected chi connectivity index (χ3v) is 0.667. The number of rotatable bonds is 1. The van der Waals surface area contributed by atoms with E-state index in [4.69, 9.17) is 0 Å². The van der Waals surface area contributed by atoms with Gasteiger partial charge in [-0.05, 0) is 20.6 Å². The Kier molecular flexibility index (Phi) is 38.5. The number of allylic oxidation sites excluding steroid dienone is 2. The fourth-order valence-electron chi connectivity index (χ4n) is 0.0913. The third kappa shape index (κ3) is 26.2. The van der Waals surface area contributed by atoms with Crippen molar-refractivity contribution in [3.8, 4) is 0 Å². The van der Waals surface area contributed by atoms with E-state index in [0.717, 1.165) is 5.70 Å². The van der Waals surface area contributed by atoms with Crippen molar-refractivity contribution >= 4 is 6.72 Å². The van der Waals surface area contributed by atoms with Crippen LogP contribution < -0.4 is 0 Å². The summed E-state index contributed by atoms with van der Waals surface area (Å²) < 4.78 is 0. The molecule has 0 saturated heterocycles. The van der Waals surface area contributed by atoms with E-state index >= 15 is 0 Å². The van der Waals surface area contributed by atoms with E-state index in [1.54, 1.807) is 0 Å². The zero-order valence-electron chi connectivity index (χ0n) is 8.23. The van der Waals surface area contributed by atoms with E-state index in [1.807, 2.05) is 47.6 Å². The minimum atomic E-state index is 0.981. The molecule has 0 heterocycles. The van der Waals surface area contributed by atoms with Gasteiger partial charge in [-0.2, -0.15) is 0 Å². The molecule has 0 aromatic carbocycles. The number of nitrogens with zero attached hydrogens (tertiary/aromatic N) is 1. The summed E-state index contributed by atoms with van der Waals surface area (Å²) in [6, 6.07) is 0. The molecule has 0 atom stereocenters. The lowest BCUT2D eigenvalue weighted by molar-refractivity contribution is 1.30. The summed E-state index contributed by atoms with van der Waals surface area (Å²) in [6.45, 7) is 15.2. The van der Waals surface area contributed by atoms with Gasteiger partial charge in [-0.15, -0.1) is 0 Å². The summed E-state index contributed by atoms with van der Waals surface area (Å²) in [7, 11) is 0. The lowest BCUT2D eigenvalue weighted by Crippen LogP contribution is -1.58. The van der Waals surface area contributed by atoms with E-state index in [1.165, 1.54) is 0 Å². The van der Waals surface area contributed by atoms with E-state index in [0.29, 0.717) is 0 Å². The van der Waals surface area contributed by atoms with E-state index < -0.39 is 0 Å². The smallest absolute Gasteiger partial charge is 0.0322 e. The lowest BCUT2D eigenvalue weighted by Gasteiger charge is -1.78. The fourth-order valence-corrected chi connectivity index (χ4v) is 0.0913. The van der Waals surface area contributed by atoms with Crippen LogP contribution in [0.5, 0.6) is 0 Å².